The molecule has 1 aromatic carbocycles. The minimum atomic E-state index is -4.41. The van der Waals surface area contributed by atoms with Crippen LogP contribution in [0.3, 0.4) is 0 Å². The number of benzene rings is 1. The minimum Gasteiger partial charge on any atom is -0.256 e. The van der Waals surface area contributed by atoms with Gasteiger partial charge in [-0.25, -0.2) is 0 Å². The van der Waals surface area contributed by atoms with Crippen LogP contribution in [-0.4, -0.2) is 11.2 Å². The molecule has 0 unspecified atom stereocenters. The molecule has 0 bridgehead atoms. The van der Waals surface area contributed by atoms with Gasteiger partial charge in [0.05, 0.1) is 11.1 Å². The van der Waals surface area contributed by atoms with Crippen molar-refractivity contribution in [1.29, 1.82) is 0 Å². The molecule has 0 aliphatic rings. The molecule has 82 valence electrons. The molecule has 0 saturated carbocycles. The van der Waals surface area contributed by atoms with Crippen molar-refractivity contribution >= 4 is 16.5 Å². The van der Waals surface area contributed by atoms with Crippen molar-refractivity contribution in [3.8, 4) is 0 Å². The summed E-state index contributed by atoms with van der Waals surface area (Å²) in [6.45, 7) is 3.04. The number of halogens is 3. The first kappa shape index (κ1) is 10.7. The summed E-state index contributed by atoms with van der Waals surface area (Å²) in [7, 11) is 0. The van der Waals surface area contributed by atoms with Crippen LogP contribution in [0.2, 0.25) is 0 Å². The van der Waals surface area contributed by atoms with E-state index in [0.717, 1.165) is 0 Å². The Morgan fingerprint density at radius 3 is 2.56 bits per heavy atom. The quantitative estimate of drug-likeness (QED) is 0.716. The highest BCUT2D eigenvalue weighted by atomic mass is 19.4. The fourth-order valence-electron chi connectivity index (χ4n) is 1.40. The summed E-state index contributed by atoms with van der Waals surface area (Å²) in [4.78, 5) is 3.95. The third-order valence-corrected chi connectivity index (χ3v) is 2.28. The third kappa shape index (κ3) is 1.91. The van der Waals surface area contributed by atoms with Gasteiger partial charge in [-0.3, -0.25) is 4.98 Å². The topological polar surface area (TPSA) is 12.9 Å². The van der Waals surface area contributed by atoms with Gasteiger partial charge in [0.15, 0.2) is 0 Å². The van der Waals surface area contributed by atoms with Gasteiger partial charge in [0.25, 0.3) is 0 Å². The zero-order valence-corrected chi connectivity index (χ0v) is 8.25. The first-order valence-corrected chi connectivity index (χ1v) is 4.60. The Hall–Kier alpha value is -1.84. The average molecular weight is 223 g/mol. The molecule has 2 aromatic rings. The fraction of sp³-hybridized carbons (Fsp3) is 0.0833. The molecule has 0 atom stereocenters. The first-order chi connectivity index (χ1) is 7.48. The van der Waals surface area contributed by atoms with Gasteiger partial charge in [0.1, 0.15) is 0 Å². The van der Waals surface area contributed by atoms with Crippen molar-refractivity contribution in [2.75, 3.05) is 0 Å². The summed E-state index contributed by atoms with van der Waals surface area (Å²) in [5.41, 5.74) is -0.196. The van der Waals surface area contributed by atoms with Crippen LogP contribution in [-0.2, 0) is 0 Å². The normalized spacial score (nSPS) is 11.7. The number of para-hydroxylation sites is 1. The van der Waals surface area contributed by atoms with E-state index in [-0.39, 0.29) is 5.56 Å². The monoisotopic (exact) mass is 223 g/mol. The van der Waals surface area contributed by atoms with Gasteiger partial charge in [-0.1, -0.05) is 24.8 Å². The van der Waals surface area contributed by atoms with Crippen molar-refractivity contribution in [3.05, 3.63) is 48.7 Å². The summed E-state index contributed by atoms with van der Waals surface area (Å²) in [5, 5.41) is 0.672. The van der Waals surface area contributed by atoms with E-state index in [9.17, 15) is 13.2 Å². The Morgan fingerprint density at radius 1 is 1.19 bits per heavy atom. The number of nitrogens with zero attached hydrogens (tertiary/aromatic N) is 1. The van der Waals surface area contributed by atoms with E-state index in [1.807, 2.05) is 0 Å². The highest BCUT2D eigenvalue weighted by molar-refractivity contribution is 5.82. The van der Waals surface area contributed by atoms with Crippen LogP contribution >= 0.6 is 0 Å². The predicted molar refractivity (Wildman–Crippen MR) is 56.8 cm³/mol. The van der Waals surface area contributed by atoms with Crippen LogP contribution < -0.4 is 0 Å². The van der Waals surface area contributed by atoms with Gasteiger partial charge in [-0.15, -0.1) is 0 Å². The number of fused-ring (bicyclic) bond motifs is 1. The molecule has 16 heavy (non-hydrogen) atoms. The highest BCUT2D eigenvalue weighted by Crippen LogP contribution is 2.32. The Labute approximate surface area is 90.2 Å². The summed E-state index contributed by atoms with van der Waals surface area (Å²) < 4.78 is 37.2. The van der Waals surface area contributed by atoms with E-state index < -0.39 is 11.7 Å². The first-order valence-electron chi connectivity index (χ1n) is 4.60. The number of hydrogen-bond acceptors (Lipinski definition) is 1. The summed E-state index contributed by atoms with van der Waals surface area (Å²) in [6, 6.07) is 8.45. The molecule has 0 aliphatic carbocycles. The maximum Gasteiger partial charge on any atom is 0.416 e. The van der Waals surface area contributed by atoms with Gasteiger partial charge < -0.3 is 0 Å². The number of alkyl halides is 3. The summed E-state index contributed by atoms with van der Waals surface area (Å²) in [6.07, 6.45) is -3.22. The molecule has 0 fully saturated rings. The lowest BCUT2D eigenvalue weighted by molar-refractivity contribution is -0.0686. The molecular formula is C12H8F3N. The second-order valence-corrected chi connectivity index (χ2v) is 3.39. The second-order valence-electron chi connectivity index (χ2n) is 3.39. The second kappa shape index (κ2) is 3.63. The lowest BCUT2D eigenvalue weighted by atomic mass is 10.1. The van der Waals surface area contributed by atoms with Crippen molar-refractivity contribution < 1.29 is 13.2 Å². The number of pyridine rings is 1. The lowest BCUT2D eigenvalue weighted by Crippen LogP contribution is -2.09. The molecule has 0 N–H and O–H groups in total. The smallest absolute Gasteiger partial charge is 0.256 e. The summed E-state index contributed by atoms with van der Waals surface area (Å²) in [5.74, 6) is 0. The maximum absolute atomic E-state index is 12.4. The number of rotatable bonds is 1. The molecule has 0 saturated heterocycles. The van der Waals surface area contributed by atoms with E-state index in [0.29, 0.717) is 10.9 Å². The molecule has 0 radical (unpaired) electrons. The third-order valence-electron chi connectivity index (χ3n) is 2.28. The lowest BCUT2D eigenvalue weighted by Gasteiger charge is -2.10. The molecule has 1 heterocycles. The van der Waals surface area contributed by atoms with E-state index >= 15 is 0 Å². The van der Waals surface area contributed by atoms with Crippen LogP contribution in [0.4, 0.5) is 13.2 Å². The van der Waals surface area contributed by atoms with E-state index in [2.05, 4.69) is 11.6 Å². The van der Waals surface area contributed by atoms with Crippen molar-refractivity contribution in [1.82, 2.24) is 4.98 Å². The van der Waals surface area contributed by atoms with E-state index in [4.69, 9.17) is 0 Å². The molecule has 4 heteroatoms. The molecular weight excluding hydrogens is 215 g/mol. The van der Waals surface area contributed by atoms with Crippen molar-refractivity contribution in [2.45, 2.75) is 6.18 Å². The van der Waals surface area contributed by atoms with Crippen LogP contribution in [0.1, 0.15) is 5.56 Å². The van der Waals surface area contributed by atoms with Crippen LogP contribution in [0.15, 0.2) is 43.1 Å². The molecule has 0 aliphatic heterocycles. The number of allylic oxidation sites excluding steroid dienone is 1. The molecule has 0 spiro atoms. The molecule has 1 nitrogen and oxygen atoms in total. The highest BCUT2D eigenvalue weighted by Gasteiger charge is 2.33. The van der Waals surface area contributed by atoms with Gasteiger partial charge >= 0.3 is 6.18 Å². The number of hydrogen-bond donors (Lipinski definition) is 0. The molecule has 2 rings (SSSR count). The Bertz CT molecular complexity index is 543. The van der Waals surface area contributed by atoms with E-state index in [1.165, 1.54) is 12.3 Å². The fourth-order valence-corrected chi connectivity index (χ4v) is 1.40. The van der Waals surface area contributed by atoms with Crippen molar-refractivity contribution in [3.63, 3.8) is 0 Å². The van der Waals surface area contributed by atoms with Gasteiger partial charge in [0, 0.05) is 17.1 Å². The minimum absolute atomic E-state index is 0.00574. The SMILES string of the molecule is C=C(c1cnc2ccccc2c1)C(F)(F)F. The zero-order valence-electron chi connectivity index (χ0n) is 8.25. The van der Waals surface area contributed by atoms with Crippen LogP contribution in [0, 0.1) is 0 Å². The Balaban J connectivity index is 2.52. The number of aromatic nitrogens is 1. The summed E-state index contributed by atoms with van der Waals surface area (Å²) >= 11 is 0. The molecule has 1 aromatic heterocycles. The molecule has 0 amide bonds. The average Bonchev–Trinajstić information content (AvgIpc) is 2.26. The van der Waals surface area contributed by atoms with E-state index in [1.54, 1.807) is 24.3 Å². The predicted octanol–water partition coefficient (Wildman–Crippen LogP) is 3.81. The van der Waals surface area contributed by atoms with Gasteiger partial charge in [0.2, 0.25) is 0 Å². The standard InChI is InChI=1S/C12H8F3N/c1-8(12(13,14)15)10-6-9-4-2-3-5-11(9)16-7-10/h2-7H,1H2. The van der Waals surface area contributed by atoms with Gasteiger partial charge in [-0.2, -0.15) is 13.2 Å². The van der Waals surface area contributed by atoms with Crippen LogP contribution in [0.5, 0.6) is 0 Å². The van der Waals surface area contributed by atoms with Crippen LogP contribution in [0.25, 0.3) is 16.5 Å². The van der Waals surface area contributed by atoms with Gasteiger partial charge in [-0.05, 0) is 12.1 Å². The maximum atomic E-state index is 12.4. The Kier molecular flexibility index (Phi) is 2.42. The zero-order chi connectivity index (χ0) is 11.8. The van der Waals surface area contributed by atoms with Crippen molar-refractivity contribution in [2.24, 2.45) is 0 Å². The largest absolute Gasteiger partial charge is 0.416 e. The Morgan fingerprint density at radius 2 is 1.88 bits per heavy atom.